The van der Waals surface area contributed by atoms with Crippen LogP contribution in [-0.2, 0) is 0 Å². The molecule has 0 bridgehead atoms. The summed E-state index contributed by atoms with van der Waals surface area (Å²) in [4.78, 5) is 12.2. The van der Waals surface area contributed by atoms with Gasteiger partial charge in [0.25, 0.3) is 0 Å². The summed E-state index contributed by atoms with van der Waals surface area (Å²) < 4.78 is 0. The van der Waals surface area contributed by atoms with Crippen LogP contribution in [0.2, 0.25) is 0 Å². The number of rotatable bonds is 5. The first kappa shape index (κ1) is 13.1. The molecule has 2 aromatic carbocycles. The van der Waals surface area contributed by atoms with Gasteiger partial charge in [-0.2, -0.15) is 0 Å². The van der Waals surface area contributed by atoms with Gasteiger partial charge in [0.15, 0.2) is 5.78 Å². The third-order valence-corrected chi connectivity index (χ3v) is 2.79. The van der Waals surface area contributed by atoms with Gasteiger partial charge in [0.1, 0.15) is 0 Å². The van der Waals surface area contributed by atoms with Crippen molar-refractivity contribution in [3.05, 3.63) is 77.9 Å². The largest absolute Gasteiger partial charge is 0.385 e. The van der Waals surface area contributed by atoms with E-state index in [-0.39, 0.29) is 5.78 Å². The molecule has 0 atom stereocenters. The maximum Gasteiger partial charge on any atom is 0.187 e. The molecule has 2 nitrogen and oxygen atoms in total. The summed E-state index contributed by atoms with van der Waals surface area (Å²) in [6, 6.07) is 19.2. The van der Waals surface area contributed by atoms with Crippen molar-refractivity contribution in [1.29, 1.82) is 0 Å². The summed E-state index contributed by atoms with van der Waals surface area (Å²) in [5, 5.41) is 3.24. The summed E-state index contributed by atoms with van der Waals surface area (Å²) in [6.45, 7) is 2.80. The lowest BCUT2D eigenvalue weighted by Crippen LogP contribution is -2.12. The van der Waals surface area contributed by atoms with Crippen LogP contribution >= 0.6 is 0 Å². The lowest BCUT2D eigenvalue weighted by Gasteiger charge is -2.09. The molecule has 2 heteroatoms. The highest BCUT2D eigenvalue weighted by Crippen LogP contribution is 2.12. The van der Waals surface area contributed by atoms with E-state index in [1.807, 2.05) is 67.6 Å². The number of allylic oxidation sites excluding steroid dienone is 1. The molecule has 0 saturated heterocycles. The van der Waals surface area contributed by atoms with Crippen LogP contribution in [0.5, 0.6) is 0 Å². The monoisotopic (exact) mass is 251 g/mol. The molecule has 0 heterocycles. The number of benzene rings is 2. The van der Waals surface area contributed by atoms with Crippen molar-refractivity contribution in [3.63, 3.8) is 0 Å². The summed E-state index contributed by atoms with van der Waals surface area (Å²) >= 11 is 0. The molecule has 1 N–H and O–H groups in total. The second-order valence-corrected chi connectivity index (χ2v) is 4.18. The Bertz CT molecular complexity index is 558. The van der Waals surface area contributed by atoms with Crippen LogP contribution in [0.15, 0.2) is 66.7 Å². The molecule has 96 valence electrons. The molecule has 0 spiro atoms. The molecular formula is C17H17NO. The zero-order valence-corrected chi connectivity index (χ0v) is 11.0. The fraction of sp³-hybridized carbons (Fsp3) is 0.118. The molecule has 0 aliphatic carbocycles. The summed E-state index contributed by atoms with van der Waals surface area (Å²) in [7, 11) is 0. The van der Waals surface area contributed by atoms with Crippen molar-refractivity contribution in [1.82, 2.24) is 5.32 Å². The zero-order valence-electron chi connectivity index (χ0n) is 11.0. The highest BCUT2D eigenvalue weighted by atomic mass is 16.1. The van der Waals surface area contributed by atoms with Crippen LogP contribution in [0.25, 0.3) is 5.70 Å². The average Bonchev–Trinajstić information content (AvgIpc) is 2.48. The van der Waals surface area contributed by atoms with Gasteiger partial charge in [-0.3, -0.25) is 4.79 Å². The van der Waals surface area contributed by atoms with E-state index in [2.05, 4.69) is 5.32 Å². The lowest BCUT2D eigenvalue weighted by atomic mass is 10.1. The molecular weight excluding hydrogens is 234 g/mol. The Morgan fingerprint density at radius 2 is 1.47 bits per heavy atom. The van der Waals surface area contributed by atoms with Crippen molar-refractivity contribution in [2.75, 3.05) is 6.54 Å². The molecule has 0 aromatic heterocycles. The quantitative estimate of drug-likeness (QED) is 0.650. The smallest absolute Gasteiger partial charge is 0.187 e. The summed E-state index contributed by atoms with van der Waals surface area (Å²) in [6.07, 6.45) is 1.66. The van der Waals surface area contributed by atoms with E-state index in [0.29, 0.717) is 5.56 Å². The van der Waals surface area contributed by atoms with E-state index in [9.17, 15) is 4.79 Å². The van der Waals surface area contributed by atoms with Crippen molar-refractivity contribution in [3.8, 4) is 0 Å². The zero-order chi connectivity index (χ0) is 13.5. The Balaban J connectivity index is 2.29. The first-order chi connectivity index (χ1) is 9.31. The van der Waals surface area contributed by atoms with E-state index < -0.39 is 0 Å². The molecule has 0 unspecified atom stereocenters. The van der Waals surface area contributed by atoms with Gasteiger partial charge in [-0.25, -0.2) is 0 Å². The topological polar surface area (TPSA) is 29.1 Å². The normalized spacial score (nSPS) is 11.1. The third-order valence-electron chi connectivity index (χ3n) is 2.79. The fourth-order valence-electron chi connectivity index (χ4n) is 1.86. The number of hydrogen-bond donors (Lipinski definition) is 1. The van der Waals surface area contributed by atoms with Gasteiger partial charge in [0, 0.05) is 23.9 Å². The van der Waals surface area contributed by atoms with E-state index in [1.165, 1.54) is 0 Å². The van der Waals surface area contributed by atoms with Crippen molar-refractivity contribution < 1.29 is 4.79 Å². The number of carbonyl (C=O) groups excluding carboxylic acids is 1. The van der Waals surface area contributed by atoms with Crippen molar-refractivity contribution >= 4 is 11.5 Å². The van der Waals surface area contributed by atoms with Crippen molar-refractivity contribution in [2.24, 2.45) is 0 Å². The number of ketones is 1. The van der Waals surface area contributed by atoms with Gasteiger partial charge in [0.2, 0.25) is 0 Å². The van der Waals surface area contributed by atoms with Gasteiger partial charge in [-0.15, -0.1) is 0 Å². The van der Waals surface area contributed by atoms with Gasteiger partial charge in [-0.1, -0.05) is 60.7 Å². The minimum atomic E-state index is 0.0143. The molecule has 0 aliphatic rings. The first-order valence-corrected chi connectivity index (χ1v) is 6.41. The second-order valence-electron chi connectivity index (χ2n) is 4.18. The maximum atomic E-state index is 12.2. The highest BCUT2D eigenvalue weighted by Gasteiger charge is 2.05. The molecule has 0 radical (unpaired) electrons. The fourth-order valence-corrected chi connectivity index (χ4v) is 1.86. The molecule has 0 amide bonds. The predicted octanol–water partition coefficient (Wildman–Crippen LogP) is 3.52. The van der Waals surface area contributed by atoms with Gasteiger partial charge in [-0.05, 0) is 12.5 Å². The maximum absolute atomic E-state index is 12.2. The molecule has 2 rings (SSSR count). The van der Waals surface area contributed by atoms with Crippen molar-refractivity contribution in [2.45, 2.75) is 6.92 Å². The minimum Gasteiger partial charge on any atom is -0.385 e. The average molecular weight is 251 g/mol. The van der Waals surface area contributed by atoms with E-state index >= 15 is 0 Å². The Morgan fingerprint density at radius 1 is 0.947 bits per heavy atom. The Kier molecular flexibility index (Phi) is 4.51. The van der Waals surface area contributed by atoms with Gasteiger partial charge < -0.3 is 5.32 Å². The minimum absolute atomic E-state index is 0.0143. The summed E-state index contributed by atoms with van der Waals surface area (Å²) in [5.74, 6) is 0.0143. The molecule has 0 aliphatic heterocycles. The highest BCUT2D eigenvalue weighted by molar-refractivity contribution is 6.08. The van der Waals surface area contributed by atoms with Crippen LogP contribution in [0, 0.1) is 0 Å². The van der Waals surface area contributed by atoms with Gasteiger partial charge >= 0.3 is 0 Å². The molecule has 0 saturated carbocycles. The van der Waals surface area contributed by atoms with Gasteiger partial charge in [0.05, 0.1) is 0 Å². The SMILES string of the molecule is CCN/C(=C\C(=O)c1ccccc1)c1ccccc1. The summed E-state index contributed by atoms with van der Waals surface area (Å²) in [5.41, 5.74) is 2.58. The van der Waals surface area contributed by atoms with Crippen LogP contribution in [-0.4, -0.2) is 12.3 Å². The third kappa shape index (κ3) is 3.55. The Hall–Kier alpha value is -2.35. The second kappa shape index (κ2) is 6.55. The first-order valence-electron chi connectivity index (χ1n) is 6.41. The molecule has 0 fully saturated rings. The Labute approximate surface area is 113 Å². The van der Waals surface area contributed by atoms with E-state index in [0.717, 1.165) is 17.8 Å². The number of hydrogen-bond acceptors (Lipinski definition) is 2. The standard InChI is InChI=1S/C17H17NO/c1-2-18-16(14-9-5-3-6-10-14)13-17(19)15-11-7-4-8-12-15/h3-13,18H,2H2,1H3/b16-13-. The van der Waals surface area contributed by atoms with Crippen LogP contribution in [0.4, 0.5) is 0 Å². The van der Waals surface area contributed by atoms with Crippen LogP contribution in [0.3, 0.4) is 0 Å². The van der Waals surface area contributed by atoms with Crippen LogP contribution in [0.1, 0.15) is 22.8 Å². The predicted molar refractivity (Wildman–Crippen MR) is 78.9 cm³/mol. The number of carbonyl (C=O) groups is 1. The van der Waals surface area contributed by atoms with Crippen LogP contribution < -0.4 is 5.32 Å². The lowest BCUT2D eigenvalue weighted by molar-refractivity contribution is 0.104. The van der Waals surface area contributed by atoms with E-state index in [4.69, 9.17) is 0 Å². The molecule has 2 aromatic rings. The molecule has 19 heavy (non-hydrogen) atoms. The van der Waals surface area contributed by atoms with E-state index in [1.54, 1.807) is 6.08 Å². The number of nitrogens with one attached hydrogen (secondary N) is 1. The Morgan fingerprint density at radius 3 is 2.00 bits per heavy atom.